The summed E-state index contributed by atoms with van der Waals surface area (Å²) in [5, 5.41) is 2.54. The van der Waals surface area contributed by atoms with Crippen molar-refractivity contribution in [2.24, 2.45) is 11.7 Å². The smallest absolute Gasteiger partial charge is 0.0512 e. The van der Waals surface area contributed by atoms with Gasteiger partial charge in [0.05, 0.1) is 6.61 Å². The molecule has 0 amide bonds. The molecule has 2 unspecified atom stereocenters. The van der Waals surface area contributed by atoms with E-state index < -0.39 is 0 Å². The van der Waals surface area contributed by atoms with Gasteiger partial charge in [0, 0.05) is 18.6 Å². The molecule has 3 rings (SSSR count). The molecular formula is C16H19NO. The molecule has 2 atom stereocenters. The Kier molecular flexibility index (Phi) is 3.31. The molecule has 2 aromatic carbocycles. The molecule has 0 saturated carbocycles. The molecule has 2 nitrogen and oxygen atoms in total. The molecule has 0 spiro atoms. The van der Waals surface area contributed by atoms with Crippen molar-refractivity contribution in [2.45, 2.75) is 18.9 Å². The molecule has 2 aromatic rings. The molecule has 0 bridgehead atoms. The molecule has 18 heavy (non-hydrogen) atoms. The number of nitrogens with two attached hydrogens (primary N) is 1. The molecule has 1 saturated heterocycles. The SMILES string of the molecule is NC(c1cccc2ccccc12)C1CCCOC1. The Morgan fingerprint density at radius 2 is 1.94 bits per heavy atom. The summed E-state index contributed by atoms with van der Waals surface area (Å²) in [7, 11) is 0. The van der Waals surface area contributed by atoms with Gasteiger partial charge in [0.25, 0.3) is 0 Å². The van der Waals surface area contributed by atoms with Gasteiger partial charge in [-0.05, 0) is 29.2 Å². The first-order valence-electron chi connectivity index (χ1n) is 6.67. The highest BCUT2D eigenvalue weighted by Crippen LogP contribution is 2.31. The lowest BCUT2D eigenvalue weighted by Crippen LogP contribution is -2.29. The average molecular weight is 241 g/mol. The van der Waals surface area contributed by atoms with E-state index in [4.69, 9.17) is 10.5 Å². The minimum atomic E-state index is 0.0800. The summed E-state index contributed by atoms with van der Waals surface area (Å²) in [5.41, 5.74) is 7.71. The van der Waals surface area contributed by atoms with E-state index in [2.05, 4.69) is 42.5 Å². The monoisotopic (exact) mass is 241 g/mol. The van der Waals surface area contributed by atoms with Gasteiger partial charge in [-0.2, -0.15) is 0 Å². The summed E-state index contributed by atoms with van der Waals surface area (Å²) in [6.45, 7) is 1.68. The topological polar surface area (TPSA) is 35.2 Å². The summed E-state index contributed by atoms with van der Waals surface area (Å²) in [4.78, 5) is 0. The molecule has 2 N–H and O–H groups in total. The minimum absolute atomic E-state index is 0.0800. The van der Waals surface area contributed by atoms with Crippen molar-refractivity contribution in [1.29, 1.82) is 0 Å². The lowest BCUT2D eigenvalue weighted by Gasteiger charge is -2.28. The second-order valence-corrected chi connectivity index (χ2v) is 5.07. The standard InChI is InChI=1S/C16H19NO/c17-16(13-7-4-10-18-11-13)15-9-3-6-12-5-1-2-8-14(12)15/h1-3,5-6,8-9,13,16H,4,7,10-11,17H2. The van der Waals surface area contributed by atoms with E-state index in [0.29, 0.717) is 5.92 Å². The molecule has 1 heterocycles. The number of rotatable bonds is 2. The molecular weight excluding hydrogens is 222 g/mol. The van der Waals surface area contributed by atoms with Gasteiger partial charge in [0.1, 0.15) is 0 Å². The maximum atomic E-state index is 6.46. The maximum absolute atomic E-state index is 6.46. The van der Waals surface area contributed by atoms with E-state index in [1.54, 1.807) is 0 Å². The lowest BCUT2D eigenvalue weighted by molar-refractivity contribution is 0.0449. The van der Waals surface area contributed by atoms with Crippen LogP contribution in [0.15, 0.2) is 42.5 Å². The predicted molar refractivity (Wildman–Crippen MR) is 74.4 cm³/mol. The summed E-state index contributed by atoms with van der Waals surface area (Å²) in [5.74, 6) is 0.449. The summed E-state index contributed by atoms with van der Waals surface area (Å²) in [6.07, 6.45) is 2.30. The van der Waals surface area contributed by atoms with Gasteiger partial charge in [-0.15, -0.1) is 0 Å². The van der Waals surface area contributed by atoms with E-state index in [9.17, 15) is 0 Å². The van der Waals surface area contributed by atoms with Crippen molar-refractivity contribution in [3.05, 3.63) is 48.0 Å². The number of hydrogen-bond acceptors (Lipinski definition) is 2. The Labute approximate surface area is 108 Å². The van der Waals surface area contributed by atoms with Crippen LogP contribution in [0, 0.1) is 5.92 Å². The second kappa shape index (κ2) is 5.09. The van der Waals surface area contributed by atoms with Gasteiger partial charge in [0.2, 0.25) is 0 Å². The number of fused-ring (bicyclic) bond motifs is 1. The second-order valence-electron chi connectivity index (χ2n) is 5.07. The Morgan fingerprint density at radius 1 is 1.11 bits per heavy atom. The summed E-state index contributed by atoms with van der Waals surface area (Å²) in [6, 6.07) is 14.9. The van der Waals surface area contributed by atoms with Crippen molar-refractivity contribution in [3.8, 4) is 0 Å². The highest BCUT2D eigenvalue weighted by atomic mass is 16.5. The summed E-state index contributed by atoms with van der Waals surface area (Å²) < 4.78 is 5.56. The fourth-order valence-electron chi connectivity index (χ4n) is 2.84. The van der Waals surface area contributed by atoms with Crippen LogP contribution < -0.4 is 5.73 Å². The van der Waals surface area contributed by atoms with Gasteiger partial charge in [-0.1, -0.05) is 42.5 Å². The zero-order valence-electron chi connectivity index (χ0n) is 10.5. The first kappa shape index (κ1) is 11.7. The average Bonchev–Trinajstić information content (AvgIpc) is 2.47. The number of hydrogen-bond donors (Lipinski definition) is 1. The molecule has 1 fully saturated rings. The van der Waals surface area contributed by atoms with Crippen molar-refractivity contribution in [1.82, 2.24) is 0 Å². The van der Waals surface area contributed by atoms with Crippen LogP contribution in [0.2, 0.25) is 0 Å². The first-order chi connectivity index (χ1) is 8.86. The third-order valence-electron chi connectivity index (χ3n) is 3.89. The quantitative estimate of drug-likeness (QED) is 0.875. The molecule has 2 heteroatoms. The minimum Gasteiger partial charge on any atom is -0.381 e. The largest absolute Gasteiger partial charge is 0.381 e. The highest BCUT2D eigenvalue weighted by Gasteiger charge is 2.23. The van der Waals surface area contributed by atoms with Crippen LogP contribution in [0.5, 0.6) is 0 Å². The molecule has 0 radical (unpaired) electrons. The Bertz CT molecular complexity index is 526. The first-order valence-corrected chi connectivity index (χ1v) is 6.67. The van der Waals surface area contributed by atoms with Crippen molar-refractivity contribution in [2.75, 3.05) is 13.2 Å². The van der Waals surface area contributed by atoms with E-state index in [1.807, 2.05) is 0 Å². The van der Waals surface area contributed by atoms with Gasteiger partial charge < -0.3 is 10.5 Å². The van der Waals surface area contributed by atoms with Crippen LogP contribution in [-0.2, 0) is 4.74 Å². The number of benzene rings is 2. The highest BCUT2D eigenvalue weighted by molar-refractivity contribution is 5.86. The van der Waals surface area contributed by atoms with E-state index >= 15 is 0 Å². The molecule has 1 aliphatic rings. The van der Waals surface area contributed by atoms with Crippen LogP contribution in [0.25, 0.3) is 10.8 Å². The molecule has 0 aromatic heterocycles. The zero-order chi connectivity index (χ0) is 12.4. The third-order valence-corrected chi connectivity index (χ3v) is 3.89. The van der Waals surface area contributed by atoms with E-state index in [0.717, 1.165) is 19.6 Å². The van der Waals surface area contributed by atoms with E-state index in [-0.39, 0.29) is 6.04 Å². The van der Waals surface area contributed by atoms with Crippen LogP contribution in [0.3, 0.4) is 0 Å². The fourth-order valence-corrected chi connectivity index (χ4v) is 2.84. The summed E-state index contributed by atoms with van der Waals surface area (Å²) >= 11 is 0. The molecule has 1 aliphatic heterocycles. The van der Waals surface area contributed by atoms with Crippen LogP contribution >= 0.6 is 0 Å². The van der Waals surface area contributed by atoms with Gasteiger partial charge in [-0.3, -0.25) is 0 Å². The maximum Gasteiger partial charge on any atom is 0.0512 e. The van der Waals surface area contributed by atoms with Crippen LogP contribution in [-0.4, -0.2) is 13.2 Å². The van der Waals surface area contributed by atoms with Crippen LogP contribution in [0.4, 0.5) is 0 Å². The van der Waals surface area contributed by atoms with Gasteiger partial charge >= 0.3 is 0 Å². The van der Waals surface area contributed by atoms with Crippen molar-refractivity contribution < 1.29 is 4.74 Å². The lowest BCUT2D eigenvalue weighted by atomic mass is 9.87. The Morgan fingerprint density at radius 3 is 2.78 bits per heavy atom. The van der Waals surface area contributed by atoms with Crippen LogP contribution in [0.1, 0.15) is 24.4 Å². The normalized spacial score (nSPS) is 21.9. The van der Waals surface area contributed by atoms with Gasteiger partial charge in [0.15, 0.2) is 0 Å². The van der Waals surface area contributed by atoms with Gasteiger partial charge in [-0.25, -0.2) is 0 Å². The van der Waals surface area contributed by atoms with Crippen molar-refractivity contribution in [3.63, 3.8) is 0 Å². The molecule has 94 valence electrons. The number of ether oxygens (including phenoxy) is 1. The third kappa shape index (κ3) is 2.14. The van der Waals surface area contributed by atoms with E-state index in [1.165, 1.54) is 22.8 Å². The molecule has 0 aliphatic carbocycles. The van der Waals surface area contributed by atoms with Crippen molar-refractivity contribution >= 4 is 10.8 Å². The Hall–Kier alpha value is -1.38. The zero-order valence-corrected chi connectivity index (χ0v) is 10.5. The predicted octanol–water partition coefficient (Wildman–Crippen LogP) is 3.27. The Balaban J connectivity index is 1.97. The fraction of sp³-hybridized carbons (Fsp3) is 0.375.